The standard InChI is InChI=1S/C23H19N3O4S/c27-23(25-18-4-1-3-16(9-18)12-26-8-2-7-24-26)22-10-17(14-31-22)13-28-19-5-6-20-21(11-19)30-15-29-20/h1-11,14H,12-13,15H2,(H,25,27). The van der Waals surface area contributed by atoms with Crippen LogP contribution in [-0.2, 0) is 13.2 Å². The fourth-order valence-electron chi connectivity index (χ4n) is 3.22. The maximum atomic E-state index is 12.7. The average Bonchev–Trinajstić information content (AvgIpc) is 3.54. The third-order valence-electron chi connectivity index (χ3n) is 4.72. The first-order valence-electron chi connectivity index (χ1n) is 9.70. The van der Waals surface area contributed by atoms with E-state index < -0.39 is 0 Å². The van der Waals surface area contributed by atoms with Crippen LogP contribution in [-0.4, -0.2) is 22.5 Å². The molecule has 31 heavy (non-hydrogen) atoms. The van der Waals surface area contributed by atoms with Gasteiger partial charge in [0.25, 0.3) is 5.91 Å². The van der Waals surface area contributed by atoms with Crippen LogP contribution in [0.1, 0.15) is 20.8 Å². The molecule has 1 amide bonds. The number of rotatable bonds is 7. The lowest BCUT2D eigenvalue weighted by Crippen LogP contribution is -2.10. The van der Waals surface area contributed by atoms with Crippen molar-refractivity contribution >= 4 is 22.9 Å². The van der Waals surface area contributed by atoms with Gasteiger partial charge in [-0.1, -0.05) is 12.1 Å². The Morgan fingerprint density at radius 3 is 2.94 bits per heavy atom. The van der Waals surface area contributed by atoms with Gasteiger partial charge in [-0.2, -0.15) is 5.10 Å². The number of benzene rings is 2. The molecule has 0 aliphatic carbocycles. The van der Waals surface area contributed by atoms with Gasteiger partial charge in [0.1, 0.15) is 12.4 Å². The Hall–Kier alpha value is -3.78. The summed E-state index contributed by atoms with van der Waals surface area (Å²) in [6.07, 6.45) is 3.65. The second kappa shape index (κ2) is 8.53. The molecular formula is C23H19N3O4S. The molecule has 3 heterocycles. The first-order chi connectivity index (χ1) is 15.2. The monoisotopic (exact) mass is 433 g/mol. The third-order valence-corrected chi connectivity index (χ3v) is 5.69. The molecular weight excluding hydrogens is 414 g/mol. The Labute approximate surface area is 182 Å². The average molecular weight is 433 g/mol. The zero-order valence-electron chi connectivity index (χ0n) is 16.5. The van der Waals surface area contributed by atoms with Crippen LogP contribution in [0, 0.1) is 0 Å². The molecule has 0 unspecified atom stereocenters. The van der Waals surface area contributed by atoms with E-state index in [4.69, 9.17) is 14.2 Å². The van der Waals surface area contributed by atoms with Crippen LogP contribution in [0.5, 0.6) is 17.2 Å². The van der Waals surface area contributed by atoms with E-state index in [2.05, 4.69) is 10.4 Å². The van der Waals surface area contributed by atoms with Crippen LogP contribution >= 0.6 is 11.3 Å². The number of nitrogens with zero attached hydrogens (tertiary/aromatic N) is 2. The van der Waals surface area contributed by atoms with Crippen molar-refractivity contribution in [2.75, 3.05) is 12.1 Å². The highest BCUT2D eigenvalue weighted by molar-refractivity contribution is 7.12. The molecule has 1 N–H and O–H groups in total. The van der Waals surface area contributed by atoms with Crippen LogP contribution in [0.25, 0.3) is 0 Å². The van der Waals surface area contributed by atoms with Crippen molar-refractivity contribution in [2.45, 2.75) is 13.2 Å². The van der Waals surface area contributed by atoms with E-state index in [0.717, 1.165) is 22.6 Å². The number of amides is 1. The van der Waals surface area contributed by atoms with Gasteiger partial charge in [-0.25, -0.2) is 0 Å². The Kier molecular flexibility index (Phi) is 5.28. The van der Waals surface area contributed by atoms with Gasteiger partial charge in [-0.3, -0.25) is 9.48 Å². The minimum absolute atomic E-state index is 0.143. The Morgan fingerprint density at radius 1 is 1.10 bits per heavy atom. The molecule has 1 aliphatic heterocycles. The van der Waals surface area contributed by atoms with Crippen molar-refractivity contribution in [3.8, 4) is 17.2 Å². The van der Waals surface area contributed by atoms with E-state index in [-0.39, 0.29) is 12.7 Å². The molecule has 8 heteroatoms. The summed E-state index contributed by atoms with van der Waals surface area (Å²) >= 11 is 1.39. The van der Waals surface area contributed by atoms with E-state index in [9.17, 15) is 4.79 Å². The number of anilines is 1. The molecule has 156 valence electrons. The van der Waals surface area contributed by atoms with Crippen LogP contribution < -0.4 is 19.5 Å². The van der Waals surface area contributed by atoms with Crippen LogP contribution in [0.3, 0.4) is 0 Å². The number of carbonyl (C=O) groups excluding carboxylic acids is 1. The second-order valence-corrected chi connectivity index (χ2v) is 7.89. The molecule has 0 spiro atoms. The zero-order valence-corrected chi connectivity index (χ0v) is 17.3. The summed E-state index contributed by atoms with van der Waals surface area (Å²) < 4.78 is 18.3. The number of nitrogens with one attached hydrogen (secondary N) is 1. The SMILES string of the molecule is O=C(Nc1cccc(Cn2cccn2)c1)c1cc(COc2ccc3c(c2)OCO3)cs1. The summed E-state index contributed by atoms with van der Waals surface area (Å²) in [6, 6.07) is 17.0. The van der Waals surface area contributed by atoms with Crippen LogP contribution in [0.15, 0.2) is 72.4 Å². The number of hydrogen-bond donors (Lipinski definition) is 1. The molecule has 0 saturated heterocycles. The third kappa shape index (κ3) is 4.54. The Balaban J connectivity index is 1.19. The topological polar surface area (TPSA) is 74.6 Å². The van der Waals surface area contributed by atoms with Gasteiger partial charge in [0.15, 0.2) is 11.5 Å². The summed E-state index contributed by atoms with van der Waals surface area (Å²) in [4.78, 5) is 13.3. The number of aromatic nitrogens is 2. The summed E-state index contributed by atoms with van der Waals surface area (Å²) in [6.45, 7) is 1.24. The largest absolute Gasteiger partial charge is 0.489 e. The molecule has 1 aliphatic rings. The Morgan fingerprint density at radius 2 is 2.03 bits per heavy atom. The van der Waals surface area contributed by atoms with E-state index in [1.54, 1.807) is 12.3 Å². The van der Waals surface area contributed by atoms with Crippen molar-refractivity contribution < 1.29 is 19.0 Å². The maximum Gasteiger partial charge on any atom is 0.265 e. The first-order valence-corrected chi connectivity index (χ1v) is 10.6. The molecule has 0 radical (unpaired) electrons. The maximum absolute atomic E-state index is 12.7. The molecule has 5 rings (SSSR count). The van der Waals surface area contributed by atoms with Gasteiger partial charge in [-0.05, 0) is 47.3 Å². The van der Waals surface area contributed by atoms with E-state index in [1.807, 2.05) is 64.8 Å². The smallest absolute Gasteiger partial charge is 0.265 e. The van der Waals surface area contributed by atoms with Crippen molar-refractivity contribution in [1.82, 2.24) is 9.78 Å². The van der Waals surface area contributed by atoms with Crippen molar-refractivity contribution in [3.63, 3.8) is 0 Å². The number of ether oxygens (including phenoxy) is 3. The van der Waals surface area contributed by atoms with E-state index >= 15 is 0 Å². The lowest BCUT2D eigenvalue weighted by Gasteiger charge is -2.07. The highest BCUT2D eigenvalue weighted by Crippen LogP contribution is 2.35. The molecule has 0 atom stereocenters. The summed E-state index contributed by atoms with van der Waals surface area (Å²) in [5.41, 5.74) is 2.74. The number of thiophene rings is 1. The van der Waals surface area contributed by atoms with Crippen molar-refractivity contribution in [1.29, 1.82) is 0 Å². The highest BCUT2D eigenvalue weighted by Gasteiger charge is 2.14. The van der Waals surface area contributed by atoms with Gasteiger partial charge in [0, 0.05) is 29.7 Å². The van der Waals surface area contributed by atoms with E-state index in [0.29, 0.717) is 29.5 Å². The van der Waals surface area contributed by atoms with Gasteiger partial charge in [0.05, 0.1) is 11.4 Å². The van der Waals surface area contributed by atoms with E-state index in [1.165, 1.54) is 11.3 Å². The summed E-state index contributed by atoms with van der Waals surface area (Å²) in [5.74, 6) is 1.94. The molecule has 2 aromatic carbocycles. The van der Waals surface area contributed by atoms with Crippen molar-refractivity contribution in [3.05, 3.63) is 88.4 Å². The highest BCUT2D eigenvalue weighted by atomic mass is 32.1. The van der Waals surface area contributed by atoms with Gasteiger partial charge in [0.2, 0.25) is 6.79 Å². The number of hydrogen-bond acceptors (Lipinski definition) is 6. The lowest BCUT2D eigenvalue weighted by molar-refractivity contribution is 0.103. The minimum atomic E-state index is -0.143. The molecule has 2 aromatic heterocycles. The van der Waals surface area contributed by atoms with Gasteiger partial charge >= 0.3 is 0 Å². The predicted molar refractivity (Wildman–Crippen MR) is 117 cm³/mol. The van der Waals surface area contributed by atoms with Crippen molar-refractivity contribution in [2.24, 2.45) is 0 Å². The van der Waals surface area contributed by atoms with Crippen LogP contribution in [0.2, 0.25) is 0 Å². The minimum Gasteiger partial charge on any atom is -0.489 e. The number of fused-ring (bicyclic) bond motifs is 1. The fraction of sp³-hybridized carbons (Fsp3) is 0.130. The lowest BCUT2D eigenvalue weighted by atomic mass is 10.2. The zero-order chi connectivity index (χ0) is 21.0. The predicted octanol–water partition coefficient (Wildman–Crippen LogP) is 4.55. The summed E-state index contributed by atoms with van der Waals surface area (Å²) in [7, 11) is 0. The first kappa shape index (κ1) is 19.2. The van der Waals surface area contributed by atoms with Crippen LogP contribution in [0.4, 0.5) is 5.69 Å². The van der Waals surface area contributed by atoms with Gasteiger partial charge in [-0.15, -0.1) is 11.3 Å². The Bertz CT molecular complexity index is 1200. The second-order valence-electron chi connectivity index (χ2n) is 6.98. The fourth-order valence-corrected chi connectivity index (χ4v) is 4.02. The van der Waals surface area contributed by atoms with Gasteiger partial charge < -0.3 is 19.5 Å². The molecule has 7 nitrogen and oxygen atoms in total. The summed E-state index contributed by atoms with van der Waals surface area (Å²) in [5, 5.41) is 9.11. The quantitative estimate of drug-likeness (QED) is 0.463. The molecule has 0 saturated carbocycles. The molecule has 0 fully saturated rings. The number of carbonyl (C=O) groups is 1. The normalized spacial score (nSPS) is 12.0. The molecule has 0 bridgehead atoms. The molecule has 4 aromatic rings.